The molecule has 0 radical (unpaired) electrons. The summed E-state index contributed by atoms with van der Waals surface area (Å²) in [5.74, 6) is 1.58. The molecular formula is C13H16N4. The first-order valence-corrected chi connectivity index (χ1v) is 5.60. The topological polar surface area (TPSA) is 63.8 Å². The summed E-state index contributed by atoms with van der Waals surface area (Å²) in [6.45, 7) is 4.32. The van der Waals surface area contributed by atoms with Crippen LogP contribution >= 0.6 is 0 Å². The van der Waals surface area contributed by atoms with Crippen LogP contribution in [0, 0.1) is 0 Å². The van der Waals surface area contributed by atoms with Crippen molar-refractivity contribution in [2.75, 3.05) is 11.1 Å². The van der Waals surface area contributed by atoms with E-state index in [1.165, 1.54) is 5.56 Å². The standard InChI is InChI=1S/C13H16N4/c1-9(2)10-5-3-4-6-11(10)17-13-8-15-12(14)7-16-13/h3-9H,1-2H3,(H2,14,15)(H,16,17). The van der Waals surface area contributed by atoms with E-state index < -0.39 is 0 Å². The number of hydrogen-bond acceptors (Lipinski definition) is 4. The maximum absolute atomic E-state index is 5.50. The Morgan fingerprint density at radius 3 is 2.53 bits per heavy atom. The molecule has 0 fully saturated rings. The van der Waals surface area contributed by atoms with Crippen molar-refractivity contribution in [1.82, 2.24) is 9.97 Å². The fourth-order valence-electron chi connectivity index (χ4n) is 1.65. The minimum atomic E-state index is 0.424. The van der Waals surface area contributed by atoms with Gasteiger partial charge in [-0.3, -0.25) is 0 Å². The molecule has 1 aromatic carbocycles. The summed E-state index contributed by atoms with van der Waals surface area (Å²) >= 11 is 0. The lowest BCUT2D eigenvalue weighted by atomic mass is 10.0. The summed E-state index contributed by atoms with van der Waals surface area (Å²) in [4.78, 5) is 8.18. The predicted molar refractivity (Wildman–Crippen MR) is 70.3 cm³/mol. The number of nitrogen functional groups attached to an aromatic ring is 1. The maximum Gasteiger partial charge on any atom is 0.149 e. The fourth-order valence-corrected chi connectivity index (χ4v) is 1.65. The van der Waals surface area contributed by atoms with Crippen molar-refractivity contribution in [3.63, 3.8) is 0 Å². The lowest BCUT2D eigenvalue weighted by Crippen LogP contribution is -2.00. The Morgan fingerprint density at radius 2 is 1.88 bits per heavy atom. The molecule has 2 aromatic rings. The lowest BCUT2D eigenvalue weighted by molar-refractivity contribution is 0.869. The Labute approximate surface area is 101 Å². The van der Waals surface area contributed by atoms with Gasteiger partial charge in [-0.25, -0.2) is 9.97 Å². The van der Waals surface area contributed by atoms with Crippen LogP contribution in [0.15, 0.2) is 36.7 Å². The fraction of sp³-hybridized carbons (Fsp3) is 0.231. The van der Waals surface area contributed by atoms with Crippen LogP contribution in [0.3, 0.4) is 0 Å². The third-order valence-corrected chi connectivity index (χ3v) is 2.52. The molecule has 3 N–H and O–H groups in total. The zero-order valence-corrected chi connectivity index (χ0v) is 10.0. The highest BCUT2D eigenvalue weighted by molar-refractivity contribution is 5.61. The van der Waals surface area contributed by atoms with Crippen molar-refractivity contribution in [2.45, 2.75) is 19.8 Å². The van der Waals surface area contributed by atoms with Crippen LogP contribution in [0.25, 0.3) is 0 Å². The van der Waals surface area contributed by atoms with Gasteiger partial charge in [0.05, 0.1) is 12.4 Å². The summed E-state index contributed by atoms with van der Waals surface area (Å²) in [6, 6.07) is 8.18. The molecule has 0 spiro atoms. The molecule has 0 atom stereocenters. The van der Waals surface area contributed by atoms with E-state index >= 15 is 0 Å². The molecule has 4 heteroatoms. The molecule has 0 saturated heterocycles. The van der Waals surface area contributed by atoms with Gasteiger partial charge in [0, 0.05) is 5.69 Å². The number of para-hydroxylation sites is 1. The number of nitrogens with zero attached hydrogens (tertiary/aromatic N) is 2. The highest BCUT2D eigenvalue weighted by Gasteiger charge is 2.06. The number of nitrogens with one attached hydrogen (secondary N) is 1. The van der Waals surface area contributed by atoms with Gasteiger partial charge in [-0.1, -0.05) is 32.0 Å². The van der Waals surface area contributed by atoms with Gasteiger partial charge in [0.1, 0.15) is 11.6 Å². The molecule has 0 bridgehead atoms. The molecule has 1 heterocycles. The Bertz CT molecular complexity index is 491. The number of nitrogens with two attached hydrogens (primary N) is 1. The van der Waals surface area contributed by atoms with Crippen molar-refractivity contribution in [2.24, 2.45) is 0 Å². The Kier molecular flexibility index (Phi) is 3.23. The van der Waals surface area contributed by atoms with E-state index in [4.69, 9.17) is 5.73 Å². The van der Waals surface area contributed by atoms with Crippen molar-refractivity contribution in [3.8, 4) is 0 Å². The van der Waals surface area contributed by atoms with Crippen molar-refractivity contribution < 1.29 is 0 Å². The van der Waals surface area contributed by atoms with Gasteiger partial charge in [0.15, 0.2) is 0 Å². The van der Waals surface area contributed by atoms with E-state index in [2.05, 4.69) is 35.2 Å². The van der Waals surface area contributed by atoms with Crippen LogP contribution in [0.4, 0.5) is 17.3 Å². The van der Waals surface area contributed by atoms with Crippen molar-refractivity contribution >= 4 is 17.3 Å². The second-order valence-corrected chi connectivity index (χ2v) is 4.19. The molecule has 0 unspecified atom stereocenters. The van der Waals surface area contributed by atoms with Gasteiger partial charge in [-0.05, 0) is 17.5 Å². The van der Waals surface area contributed by atoms with Gasteiger partial charge in [-0.2, -0.15) is 0 Å². The quantitative estimate of drug-likeness (QED) is 0.847. The minimum Gasteiger partial charge on any atom is -0.382 e. The van der Waals surface area contributed by atoms with Crippen LogP contribution in [-0.2, 0) is 0 Å². The highest BCUT2D eigenvalue weighted by Crippen LogP contribution is 2.25. The third-order valence-electron chi connectivity index (χ3n) is 2.52. The largest absolute Gasteiger partial charge is 0.382 e. The van der Waals surface area contributed by atoms with E-state index in [1.807, 2.05) is 18.2 Å². The van der Waals surface area contributed by atoms with Crippen LogP contribution in [-0.4, -0.2) is 9.97 Å². The first-order valence-electron chi connectivity index (χ1n) is 5.60. The average Bonchev–Trinajstić information content (AvgIpc) is 2.32. The van der Waals surface area contributed by atoms with Gasteiger partial charge in [0.2, 0.25) is 0 Å². The summed E-state index contributed by atoms with van der Waals surface area (Å²) in [6.07, 6.45) is 3.17. The normalized spacial score (nSPS) is 10.5. The molecule has 4 nitrogen and oxygen atoms in total. The number of benzene rings is 1. The number of anilines is 3. The van der Waals surface area contributed by atoms with E-state index in [0.717, 1.165) is 5.69 Å². The van der Waals surface area contributed by atoms with Gasteiger partial charge >= 0.3 is 0 Å². The van der Waals surface area contributed by atoms with Crippen LogP contribution < -0.4 is 11.1 Å². The smallest absolute Gasteiger partial charge is 0.149 e. The zero-order chi connectivity index (χ0) is 12.3. The Balaban J connectivity index is 2.26. The van der Waals surface area contributed by atoms with E-state index in [-0.39, 0.29) is 0 Å². The van der Waals surface area contributed by atoms with Gasteiger partial charge in [-0.15, -0.1) is 0 Å². The van der Waals surface area contributed by atoms with Crippen molar-refractivity contribution in [3.05, 3.63) is 42.2 Å². The zero-order valence-electron chi connectivity index (χ0n) is 10.0. The predicted octanol–water partition coefficient (Wildman–Crippen LogP) is 2.93. The summed E-state index contributed by atoms with van der Waals surface area (Å²) in [5, 5.41) is 3.25. The van der Waals surface area contributed by atoms with Crippen molar-refractivity contribution in [1.29, 1.82) is 0 Å². The van der Waals surface area contributed by atoms with Gasteiger partial charge in [0.25, 0.3) is 0 Å². The monoisotopic (exact) mass is 228 g/mol. The molecule has 1 aromatic heterocycles. The van der Waals surface area contributed by atoms with E-state index in [0.29, 0.717) is 17.6 Å². The SMILES string of the molecule is CC(C)c1ccccc1Nc1cnc(N)cn1. The molecule has 0 aliphatic rings. The minimum absolute atomic E-state index is 0.424. The number of aromatic nitrogens is 2. The second-order valence-electron chi connectivity index (χ2n) is 4.19. The molecule has 0 saturated carbocycles. The van der Waals surface area contributed by atoms with E-state index in [9.17, 15) is 0 Å². The molecule has 2 rings (SSSR count). The van der Waals surface area contributed by atoms with Crippen LogP contribution in [0.1, 0.15) is 25.3 Å². The molecular weight excluding hydrogens is 212 g/mol. The van der Waals surface area contributed by atoms with E-state index in [1.54, 1.807) is 12.4 Å². The first-order chi connectivity index (χ1) is 8.16. The summed E-state index contributed by atoms with van der Waals surface area (Å²) in [5.41, 5.74) is 7.81. The van der Waals surface area contributed by atoms with Gasteiger partial charge < -0.3 is 11.1 Å². The molecule has 0 aliphatic heterocycles. The molecule has 17 heavy (non-hydrogen) atoms. The first kappa shape index (κ1) is 11.4. The number of rotatable bonds is 3. The summed E-state index contributed by atoms with van der Waals surface area (Å²) < 4.78 is 0. The number of hydrogen-bond donors (Lipinski definition) is 2. The Hall–Kier alpha value is -2.10. The molecule has 0 aliphatic carbocycles. The van der Waals surface area contributed by atoms with Crippen LogP contribution in [0.5, 0.6) is 0 Å². The lowest BCUT2D eigenvalue weighted by Gasteiger charge is -2.13. The highest BCUT2D eigenvalue weighted by atomic mass is 15.0. The maximum atomic E-state index is 5.50. The molecule has 88 valence electrons. The summed E-state index contributed by atoms with van der Waals surface area (Å²) in [7, 11) is 0. The molecule has 0 amide bonds. The third kappa shape index (κ3) is 2.72. The Morgan fingerprint density at radius 1 is 1.12 bits per heavy atom. The average molecular weight is 228 g/mol. The van der Waals surface area contributed by atoms with Crippen LogP contribution in [0.2, 0.25) is 0 Å². The second kappa shape index (κ2) is 4.82.